The monoisotopic (exact) mass is 393 g/mol. The highest BCUT2D eigenvalue weighted by atomic mass is 28.3. The van der Waals surface area contributed by atoms with Gasteiger partial charge >= 0.3 is 5.97 Å². The number of esters is 1. The van der Waals surface area contributed by atoms with Crippen LogP contribution in [0.5, 0.6) is 0 Å². The van der Waals surface area contributed by atoms with E-state index in [4.69, 9.17) is 4.74 Å². The molecule has 0 saturated heterocycles. The molecule has 2 rings (SSSR count). The maximum Gasteiger partial charge on any atom is 0.338 e. The molecule has 0 bridgehead atoms. The lowest BCUT2D eigenvalue weighted by Crippen LogP contribution is -2.37. The smallest absolute Gasteiger partial charge is 0.338 e. The predicted octanol–water partition coefficient (Wildman–Crippen LogP) is 4.27. The first-order chi connectivity index (χ1) is 13.1. The standard InChI is InChI=1S/C22H27N3O2Si/c1-8-25-20(13-16(4)24-25)21(27-22(26)15(2)3)19(14-23)17-9-11-18(12-10-17)28(5,6)7/h9-13H,2,8H2,1,3-7H3/b21-19+. The average molecular weight is 394 g/mol. The zero-order chi connectivity index (χ0) is 21.1. The highest BCUT2D eigenvalue weighted by molar-refractivity contribution is 6.88. The number of aryl methyl sites for hydroxylation is 2. The van der Waals surface area contributed by atoms with E-state index in [1.165, 1.54) is 5.19 Å². The first-order valence-electron chi connectivity index (χ1n) is 9.26. The third-order valence-electron chi connectivity index (χ3n) is 4.36. The fraction of sp³-hybridized carbons (Fsp3) is 0.318. The zero-order valence-corrected chi connectivity index (χ0v) is 18.5. The number of nitriles is 1. The molecular formula is C22H27N3O2Si. The molecule has 0 N–H and O–H groups in total. The Labute approximate surface area is 168 Å². The number of aromatic nitrogens is 2. The van der Waals surface area contributed by atoms with Crippen molar-refractivity contribution in [3.63, 3.8) is 0 Å². The van der Waals surface area contributed by atoms with Gasteiger partial charge in [0, 0.05) is 12.1 Å². The molecule has 146 valence electrons. The van der Waals surface area contributed by atoms with Crippen LogP contribution in [0.15, 0.2) is 42.5 Å². The lowest BCUT2D eigenvalue weighted by molar-refractivity contribution is -0.132. The summed E-state index contributed by atoms with van der Waals surface area (Å²) in [6.07, 6.45) is 0. The highest BCUT2D eigenvalue weighted by Crippen LogP contribution is 2.28. The van der Waals surface area contributed by atoms with Gasteiger partial charge in [-0.05, 0) is 32.4 Å². The van der Waals surface area contributed by atoms with Crippen molar-refractivity contribution in [1.82, 2.24) is 9.78 Å². The first-order valence-corrected chi connectivity index (χ1v) is 12.8. The number of benzene rings is 1. The van der Waals surface area contributed by atoms with Gasteiger partial charge < -0.3 is 4.74 Å². The van der Waals surface area contributed by atoms with Crippen LogP contribution in [0, 0.1) is 18.3 Å². The number of rotatable bonds is 6. The Bertz CT molecular complexity index is 971. The summed E-state index contributed by atoms with van der Waals surface area (Å²) in [5.41, 5.74) is 2.65. The van der Waals surface area contributed by atoms with E-state index in [1.807, 2.05) is 32.0 Å². The van der Waals surface area contributed by atoms with Gasteiger partial charge in [-0.1, -0.05) is 55.7 Å². The van der Waals surface area contributed by atoms with Gasteiger partial charge in [-0.2, -0.15) is 10.4 Å². The minimum absolute atomic E-state index is 0.207. The number of allylic oxidation sites excluding steroid dienone is 1. The molecule has 28 heavy (non-hydrogen) atoms. The van der Waals surface area contributed by atoms with Crippen LogP contribution in [0.4, 0.5) is 0 Å². The summed E-state index contributed by atoms with van der Waals surface area (Å²) in [5, 5.41) is 15.6. The third-order valence-corrected chi connectivity index (χ3v) is 6.42. The van der Waals surface area contributed by atoms with Crippen LogP contribution < -0.4 is 5.19 Å². The molecule has 0 aliphatic heterocycles. The molecule has 0 amide bonds. The van der Waals surface area contributed by atoms with Gasteiger partial charge in [-0.15, -0.1) is 0 Å². The van der Waals surface area contributed by atoms with Gasteiger partial charge in [0.1, 0.15) is 17.3 Å². The molecule has 0 atom stereocenters. The van der Waals surface area contributed by atoms with E-state index in [0.717, 1.165) is 5.69 Å². The molecule has 6 heteroatoms. The SMILES string of the molecule is C=C(C)C(=O)O/C(=C(\C#N)c1ccc([Si](C)(C)C)cc1)c1cc(C)nn1CC. The van der Waals surface area contributed by atoms with Crippen molar-refractivity contribution in [2.24, 2.45) is 0 Å². The second-order valence-corrected chi connectivity index (χ2v) is 12.9. The summed E-state index contributed by atoms with van der Waals surface area (Å²) in [4.78, 5) is 12.3. The van der Waals surface area contributed by atoms with Gasteiger partial charge in [0.2, 0.25) is 0 Å². The van der Waals surface area contributed by atoms with Crippen molar-refractivity contribution in [3.8, 4) is 6.07 Å². The quantitative estimate of drug-likeness (QED) is 0.242. The fourth-order valence-electron chi connectivity index (χ4n) is 2.76. The summed E-state index contributed by atoms with van der Waals surface area (Å²) in [6, 6.07) is 12.0. The molecule has 1 aromatic heterocycles. The van der Waals surface area contributed by atoms with E-state index in [-0.39, 0.29) is 11.3 Å². The molecule has 0 spiro atoms. The fourth-order valence-corrected chi connectivity index (χ4v) is 3.93. The topological polar surface area (TPSA) is 67.9 Å². The van der Waals surface area contributed by atoms with E-state index in [2.05, 4.69) is 49.5 Å². The molecule has 5 nitrogen and oxygen atoms in total. The Morgan fingerprint density at radius 3 is 2.36 bits per heavy atom. The van der Waals surface area contributed by atoms with Crippen molar-refractivity contribution in [3.05, 3.63) is 59.4 Å². The lowest BCUT2D eigenvalue weighted by Gasteiger charge is -2.17. The maximum absolute atomic E-state index is 12.3. The van der Waals surface area contributed by atoms with Crippen LogP contribution in [0.1, 0.15) is 30.8 Å². The largest absolute Gasteiger partial charge is 0.419 e. The van der Waals surface area contributed by atoms with E-state index in [0.29, 0.717) is 23.4 Å². The number of carbonyl (C=O) groups is 1. The molecule has 0 saturated carbocycles. The number of carbonyl (C=O) groups excluding carboxylic acids is 1. The lowest BCUT2D eigenvalue weighted by atomic mass is 10.0. The molecule has 0 aliphatic rings. The van der Waals surface area contributed by atoms with Crippen LogP contribution in [0.2, 0.25) is 19.6 Å². The van der Waals surface area contributed by atoms with Crippen LogP contribution in [0.25, 0.3) is 11.3 Å². The molecule has 0 fully saturated rings. The molecule has 0 aliphatic carbocycles. The Morgan fingerprint density at radius 1 is 1.29 bits per heavy atom. The van der Waals surface area contributed by atoms with Crippen molar-refractivity contribution in [2.45, 2.75) is 47.0 Å². The van der Waals surface area contributed by atoms with Crippen molar-refractivity contribution >= 4 is 30.6 Å². The maximum atomic E-state index is 12.3. The van der Waals surface area contributed by atoms with Crippen LogP contribution in [-0.4, -0.2) is 23.8 Å². The second kappa shape index (κ2) is 8.40. The summed E-state index contributed by atoms with van der Waals surface area (Å²) in [5.74, 6) is -0.360. The predicted molar refractivity (Wildman–Crippen MR) is 115 cm³/mol. The van der Waals surface area contributed by atoms with E-state index in [1.54, 1.807) is 11.6 Å². The minimum Gasteiger partial charge on any atom is -0.419 e. The van der Waals surface area contributed by atoms with Gasteiger partial charge in [0.25, 0.3) is 0 Å². The zero-order valence-electron chi connectivity index (χ0n) is 17.5. The highest BCUT2D eigenvalue weighted by Gasteiger charge is 2.22. The van der Waals surface area contributed by atoms with E-state index in [9.17, 15) is 10.1 Å². The van der Waals surface area contributed by atoms with Gasteiger partial charge in [0.05, 0.1) is 13.8 Å². The first kappa shape index (κ1) is 21.4. The van der Waals surface area contributed by atoms with Crippen LogP contribution in [-0.2, 0) is 16.1 Å². The van der Waals surface area contributed by atoms with E-state index < -0.39 is 14.0 Å². The van der Waals surface area contributed by atoms with Gasteiger partial charge in [-0.3, -0.25) is 4.68 Å². The van der Waals surface area contributed by atoms with Gasteiger partial charge in [-0.25, -0.2) is 4.79 Å². The van der Waals surface area contributed by atoms with Crippen molar-refractivity contribution < 1.29 is 9.53 Å². The number of hydrogen-bond acceptors (Lipinski definition) is 4. The van der Waals surface area contributed by atoms with Crippen LogP contribution >= 0.6 is 0 Å². The summed E-state index contributed by atoms with van der Waals surface area (Å²) in [6.45, 7) is 16.4. The Morgan fingerprint density at radius 2 is 1.89 bits per heavy atom. The molecule has 0 unspecified atom stereocenters. The molecule has 1 heterocycles. The number of ether oxygens (including phenoxy) is 1. The minimum atomic E-state index is -1.45. The normalized spacial score (nSPS) is 12.2. The number of hydrogen-bond donors (Lipinski definition) is 0. The van der Waals surface area contributed by atoms with Gasteiger partial charge in [0.15, 0.2) is 5.76 Å². The Balaban J connectivity index is 2.69. The summed E-state index contributed by atoms with van der Waals surface area (Å²) >= 11 is 0. The second-order valence-electron chi connectivity index (χ2n) is 7.80. The third kappa shape index (κ3) is 4.67. The van der Waals surface area contributed by atoms with E-state index >= 15 is 0 Å². The molecule has 2 aromatic rings. The Kier molecular flexibility index (Phi) is 6.42. The summed E-state index contributed by atoms with van der Waals surface area (Å²) < 4.78 is 7.35. The molecular weight excluding hydrogens is 366 g/mol. The Hall–Kier alpha value is -2.91. The number of nitrogens with zero attached hydrogens (tertiary/aromatic N) is 3. The van der Waals surface area contributed by atoms with Crippen molar-refractivity contribution in [2.75, 3.05) is 0 Å². The molecule has 1 aromatic carbocycles. The average Bonchev–Trinajstić information content (AvgIpc) is 3.01. The molecule has 0 radical (unpaired) electrons. The van der Waals surface area contributed by atoms with Crippen LogP contribution in [0.3, 0.4) is 0 Å². The summed E-state index contributed by atoms with van der Waals surface area (Å²) in [7, 11) is -1.45. The van der Waals surface area contributed by atoms with Crippen molar-refractivity contribution in [1.29, 1.82) is 5.26 Å².